The molecule has 0 bridgehead atoms. The summed E-state index contributed by atoms with van der Waals surface area (Å²) < 4.78 is 0. The van der Waals surface area contributed by atoms with Crippen molar-refractivity contribution >= 4 is 11.8 Å². The van der Waals surface area contributed by atoms with Crippen LogP contribution in [0.4, 0.5) is 0 Å². The van der Waals surface area contributed by atoms with Crippen LogP contribution in [0.15, 0.2) is 24.4 Å². The number of hydrogen-bond acceptors (Lipinski definition) is 5. The number of rotatable bonds is 5. The number of carbonyl (C=O) groups excluding carboxylic acids is 2. The lowest BCUT2D eigenvalue weighted by Crippen LogP contribution is -2.52. The van der Waals surface area contributed by atoms with Gasteiger partial charge in [-0.1, -0.05) is 38.2 Å². The maximum atomic E-state index is 11.9. The third-order valence-corrected chi connectivity index (χ3v) is 4.20. The van der Waals surface area contributed by atoms with Crippen molar-refractivity contribution in [1.29, 1.82) is 0 Å². The molecule has 2 amide bonds. The monoisotopic (exact) mass is 320 g/mol. The Kier molecular flexibility index (Phi) is 6.49. The molecule has 2 rings (SSSR count). The number of aliphatic hydroxyl groups is 1. The molecule has 1 aliphatic rings. The molecule has 0 saturated heterocycles. The van der Waals surface area contributed by atoms with Gasteiger partial charge in [0.15, 0.2) is 0 Å². The number of aliphatic hydroxyl groups excluding tert-OH is 1. The number of hydrazine groups is 1. The molecule has 0 aliphatic heterocycles. The van der Waals surface area contributed by atoms with E-state index >= 15 is 0 Å². The second kappa shape index (κ2) is 8.59. The first-order chi connectivity index (χ1) is 11.1. The Hall–Kier alpha value is -1.99. The zero-order valence-corrected chi connectivity index (χ0v) is 13.1. The topological polar surface area (TPSA) is 117 Å². The van der Waals surface area contributed by atoms with Gasteiger partial charge >= 0.3 is 0 Å². The molecule has 0 aromatic carbocycles. The number of hydrogen-bond donors (Lipinski definition) is 4. The van der Waals surface area contributed by atoms with E-state index in [4.69, 9.17) is 5.73 Å². The highest BCUT2D eigenvalue weighted by Crippen LogP contribution is 2.27. The van der Waals surface area contributed by atoms with Gasteiger partial charge in [-0.15, -0.1) is 0 Å². The summed E-state index contributed by atoms with van der Waals surface area (Å²) in [7, 11) is 0. The van der Waals surface area contributed by atoms with E-state index in [2.05, 4.69) is 15.8 Å². The van der Waals surface area contributed by atoms with Gasteiger partial charge < -0.3 is 10.8 Å². The lowest BCUT2D eigenvalue weighted by Gasteiger charge is -2.26. The molecule has 1 aromatic rings. The van der Waals surface area contributed by atoms with Crippen LogP contribution in [0.1, 0.15) is 49.0 Å². The Bertz CT molecular complexity index is 517. The lowest BCUT2D eigenvalue weighted by molar-refractivity contribution is -0.131. The smallest absolute Gasteiger partial charge is 0.288 e. The summed E-state index contributed by atoms with van der Waals surface area (Å²) in [5.41, 5.74) is 10.5. The van der Waals surface area contributed by atoms with E-state index in [0.29, 0.717) is 12.3 Å². The number of nitrogens with zero attached hydrogens (tertiary/aromatic N) is 1. The van der Waals surface area contributed by atoms with Gasteiger partial charge in [0.2, 0.25) is 0 Å². The first-order valence-electron chi connectivity index (χ1n) is 8.03. The van der Waals surface area contributed by atoms with Gasteiger partial charge in [0.25, 0.3) is 11.8 Å². The number of aromatic nitrogens is 1. The van der Waals surface area contributed by atoms with Gasteiger partial charge in [-0.2, -0.15) is 0 Å². The van der Waals surface area contributed by atoms with E-state index in [0.717, 1.165) is 12.8 Å². The predicted octanol–water partition coefficient (Wildman–Crippen LogP) is 0.501. The fourth-order valence-corrected chi connectivity index (χ4v) is 2.88. The quantitative estimate of drug-likeness (QED) is 0.589. The van der Waals surface area contributed by atoms with E-state index in [1.165, 1.54) is 31.5 Å². The van der Waals surface area contributed by atoms with Gasteiger partial charge in [-0.05, 0) is 24.5 Å². The van der Waals surface area contributed by atoms with Gasteiger partial charge in [-0.25, -0.2) is 0 Å². The molecule has 2 atom stereocenters. The van der Waals surface area contributed by atoms with Crippen molar-refractivity contribution in [1.82, 2.24) is 15.8 Å². The molecule has 126 valence electrons. The van der Waals surface area contributed by atoms with Crippen LogP contribution in [0.3, 0.4) is 0 Å². The Morgan fingerprint density at radius 3 is 2.65 bits per heavy atom. The lowest BCUT2D eigenvalue weighted by atomic mass is 9.84. The molecular weight excluding hydrogens is 296 g/mol. The Balaban J connectivity index is 1.76. The van der Waals surface area contributed by atoms with Crippen LogP contribution in [-0.2, 0) is 4.79 Å². The molecule has 1 aromatic heterocycles. The van der Waals surface area contributed by atoms with Crippen molar-refractivity contribution < 1.29 is 14.7 Å². The van der Waals surface area contributed by atoms with Crippen molar-refractivity contribution in [3.63, 3.8) is 0 Å². The molecule has 7 nitrogen and oxygen atoms in total. The number of amides is 2. The summed E-state index contributed by atoms with van der Waals surface area (Å²) in [5.74, 6) is -0.797. The van der Waals surface area contributed by atoms with Crippen molar-refractivity contribution in [3.8, 4) is 0 Å². The van der Waals surface area contributed by atoms with Crippen molar-refractivity contribution in [3.05, 3.63) is 30.1 Å². The molecule has 5 N–H and O–H groups in total. The van der Waals surface area contributed by atoms with E-state index in [1.807, 2.05) is 0 Å². The third-order valence-electron chi connectivity index (χ3n) is 4.20. The fraction of sp³-hybridized carbons (Fsp3) is 0.562. The minimum atomic E-state index is -1.35. The van der Waals surface area contributed by atoms with E-state index in [1.54, 1.807) is 12.1 Å². The average molecular weight is 320 g/mol. The highest BCUT2D eigenvalue weighted by molar-refractivity contribution is 5.94. The SMILES string of the molecule is NC(CC1CCCCC1)C(O)C(=O)NNC(=O)c1ccccn1. The molecule has 1 heterocycles. The molecule has 7 heteroatoms. The van der Waals surface area contributed by atoms with Crippen LogP contribution in [0.5, 0.6) is 0 Å². The maximum absolute atomic E-state index is 11.9. The Labute approximate surface area is 135 Å². The van der Waals surface area contributed by atoms with Crippen molar-refractivity contribution in [2.75, 3.05) is 0 Å². The van der Waals surface area contributed by atoms with Crippen molar-refractivity contribution in [2.24, 2.45) is 11.7 Å². The minimum Gasteiger partial charge on any atom is -0.382 e. The molecule has 2 unspecified atom stereocenters. The van der Waals surface area contributed by atoms with Gasteiger partial charge in [0.1, 0.15) is 11.8 Å². The molecule has 1 saturated carbocycles. The molecule has 0 radical (unpaired) electrons. The minimum absolute atomic E-state index is 0.175. The second-order valence-corrected chi connectivity index (χ2v) is 6.01. The number of carbonyl (C=O) groups is 2. The molecule has 1 aliphatic carbocycles. The number of pyridine rings is 1. The first-order valence-corrected chi connectivity index (χ1v) is 8.03. The maximum Gasteiger partial charge on any atom is 0.288 e. The predicted molar refractivity (Wildman–Crippen MR) is 85.0 cm³/mol. The van der Waals surface area contributed by atoms with Crippen LogP contribution >= 0.6 is 0 Å². The largest absolute Gasteiger partial charge is 0.382 e. The van der Waals surface area contributed by atoms with Crippen molar-refractivity contribution in [2.45, 2.75) is 50.7 Å². The third kappa shape index (κ3) is 5.30. The first kappa shape index (κ1) is 17.4. The van der Waals surface area contributed by atoms with Crippen LogP contribution < -0.4 is 16.6 Å². The second-order valence-electron chi connectivity index (χ2n) is 6.01. The van der Waals surface area contributed by atoms with Crippen LogP contribution in [0, 0.1) is 5.92 Å². The van der Waals surface area contributed by atoms with E-state index in [9.17, 15) is 14.7 Å². The highest BCUT2D eigenvalue weighted by atomic mass is 16.3. The number of nitrogens with one attached hydrogen (secondary N) is 2. The Morgan fingerprint density at radius 2 is 2.00 bits per heavy atom. The number of nitrogens with two attached hydrogens (primary N) is 1. The average Bonchev–Trinajstić information content (AvgIpc) is 2.60. The van der Waals surface area contributed by atoms with Gasteiger partial charge in [0.05, 0.1) is 0 Å². The normalized spacial score (nSPS) is 18.0. The molecule has 0 spiro atoms. The van der Waals surface area contributed by atoms with Crippen LogP contribution in [-0.4, -0.2) is 34.1 Å². The zero-order chi connectivity index (χ0) is 16.7. The fourth-order valence-electron chi connectivity index (χ4n) is 2.88. The zero-order valence-electron chi connectivity index (χ0n) is 13.1. The summed E-state index contributed by atoms with van der Waals surface area (Å²) in [6.07, 6.45) is 6.54. The molecular formula is C16H24N4O3. The van der Waals surface area contributed by atoms with E-state index < -0.39 is 24.0 Å². The standard InChI is InChI=1S/C16H24N4O3/c17-12(10-11-6-2-1-3-7-11)14(21)16(23)20-19-15(22)13-8-4-5-9-18-13/h4-5,8-9,11-12,14,21H,1-3,6-7,10,17H2,(H,19,22)(H,20,23). The van der Waals surface area contributed by atoms with Gasteiger partial charge in [-0.3, -0.25) is 25.4 Å². The van der Waals surface area contributed by atoms with E-state index in [-0.39, 0.29) is 5.69 Å². The highest BCUT2D eigenvalue weighted by Gasteiger charge is 2.26. The summed E-state index contributed by atoms with van der Waals surface area (Å²) in [4.78, 5) is 27.5. The van der Waals surface area contributed by atoms with Gasteiger partial charge in [0, 0.05) is 12.2 Å². The summed E-state index contributed by atoms with van der Waals surface area (Å²) in [6, 6.07) is 4.24. The summed E-state index contributed by atoms with van der Waals surface area (Å²) >= 11 is 0. The van der Waals surface area contributed by atoms with Crippen LogP contribution in [0.25, 0.3) is 0 Å². The summed E-state index contributed by atoms with van der Waals surface area (Å²) in [5, 5.41) is 10.00. The summed E-state index contributed by atoms with van der Waals surface area (Å²) in [6.45, 7) is 0. The van der Waals surface area contributed by atoms with Crippen LogP contribution in [0.2, 0.25) is 0 Å². The Morgan fingerprint density at radius 1 is 1.26 bits per heavy atom. The molecule has 23 heavy (non-hydrogen) atoms. The molecule has 1 fully saturated rings.